The van der Waals surface area contributed by atoms with Crippen molar-refractivity contribution in [2.24, 2.45) is 11.7 Å². The van der Waals surface area contributed by atoms with Gasteiger partial charge in [-0.25, -0.2) is 0 Å². The molecule has 0 saturated carbocycles. The number of rotatable bonds is 5. The number of amides is 1. The number of nitrogens with zero attached hydrogens (tertiary/aromatic N) is 1. The number of hydrogen-bond donors (Lipinski definition) is 1. The number of anilines is 1. The van der Waals surface area contributed by atoms with Crippen LogP contribution in [-0.4, -0.2) is 18.5 Å². The maximum atomic E-state index is 12.6. The van der Waals surface area contributed by atoms with E-state index in [1.807, 2.05) is 49.9 Å². The minimum atomic E-state index is -0.0958. The van der Waals surface area contributed by atoms with Crippen molar-refractivity contribution in [3.63, 3.8) is 0 Å². The monoisotopic (exact) mass is 284 g/mol. The van der Waals surface area contributed by atoms with Gasteiger partial charge in [0.2, 0.25) is 5.91 Å². The fourth-order valence-electron chi connectivity index (χ4n) is 2.47. The molecule has 1 atom stereocenters. The van der Waals surface area contributed by atoms with Gasteiger partial charge in [0.1, 0.15) is 0 Å². The summed E-state index contributed by atoms with van der Waals surface area (Å²) in [6, 6.07) is 14.1. The van der Waals surface area contributed by atoms with Crippen molar-refractivity contribution >= 4 is 22.4 Å². The highest BCUT2D eigenvalue weighted by molar-refractivity contribution is 6.03. The van der Waals surface area contributed by atoms with Gasteiger partial charge in [-0.3, -0.25) is 4.79 Å². The molecule has 0 aliphatic rings. The van der Waals surface area contributed by atoms with Crippen LogP contribution < -0.4 is 10.6 Å². The molecule has 3 nitrogen and oxygen atoms in total. The van der Waals surface area contributed by atoms with E-state index in [-0.39, 0.29) is 11.9 Å². The van der Waals surface area contributed by atoms with Crippen LogP contribution >= 0.6 is 0 Å². The summed E-state index contributed by atoms with van der Waals surface area (Å²) in [7, 11) is 0. The van der Waals surface area contributed by atoms with Gasteiger partial charge in [-0.05, 0) is 24.3 Å². The van der Waals surface area contributed by atoms with Gasteiger partial charge in [0.05, 0.1) is 5.69 Å². The van der Waals surface area contributed by atoms with Crippen molar-refractivity contribution in [2.45, 2.75) is 33.2 Å². The lowest BCUT2D eigenvalue weighted by Crippen LogP contribution is -2.38. The second-order valence-corrected chi connectivity index (χ2v) is 5.75. The third-order valence-electron chi connectivity index (χ3n) is 3.94. The molecule has 0 radical (unpaired) electrons. The van der Waals surface area contributed by atoms with Crippen LogP contribution in [0.3, 0.4) is 0 Å². The van der Waals surface area contributed by atoms with Gasteiger partial charge < -0.3 is 10.6 Å². The molecule has 2 N–H and O–H groups in total. The molecule has 0 aliphatic carbocycles. The Morgan fingerprint density at radius 1 is 1.14 bits per heavy atom. The molecule has 0 heterocycles. The van der Waals surface area contributed by atoms with Crippen LogP contribution in [0.4, 0.5) is 5.69 Å². The van der Waals surface area contributed by atoms with Gasteiger partial charge in [0, 0.05) is 24.4 Å². The van der Waals surface area contributed by atoms with E-state index in [1.165, 1.54) is 0 Å². The molecule has 0 spiro atoms. The minimum absolute atomic E-state index is 0.0926. The average Bonchev–Trinajstić information content (AvgIpc) is 2.48. The molecule has 0 aliphatic heterocycles. The highest BCUT2D eigenvalue weighted by Gasteiger charge is 2.20. The molecule has 2 aromatic carbocycles. The first-order valence-electron chi connectivity index (χ1n) is 7.58. The molecule has 2 rings (SSSR count). The van der Waals surface area contributed by atoms with E-state index in [0.717, 1.165) is 16.5 Å². The van der Waals surface area contributed by atoms with Crippen LogP contribution in [0.5, 0.6) is 0 Å². The largest absolute Gasteiger partial charge is 0.327 e. The molecule has 1 unspecified atom stereocenters. The number of hydrogen-bond acceptors (Lipinski definition) is 2. The Hall–Kier alpha value is -1.87. The summed E-state index contributed by atoms with van der Waals surface area (Å²) in [6.07, 6.45) is 0.384. The summed E-state index contributed by atoms with van der Waals surface area (Å²) in [5.41, 5.74) is 7.02. The first kappa shape index (κ1) is 15.5. The van der Waals surface area contributed by atoms with Crippen molar-refractivity contribution in [3.05, 3.63) is 42.5 Å². The predicted octanol–water partition coefficient (Wildman–Crippen LogP) is 3.57. The third kappa shape index (κ3) is 3.42. The predicted molar refractivity (Wildman–Crippen MR) is 89.4 cm³/mol. The molecule has 0 bridgehead atoms. The second kappa shape index (κ2) is 6.72. The Labute approximate surface area is 126 Å². The summed E-state index contributed by atoms with van der Waals surface area (Å²) in [5.74, 6) is 0.398. The normalized spacial score (nSPS) is 12.6. The Bertz CT molecular complexity index is 616. The van der Waals surface area contributed by atoms with Crippen LogP contribution in [0.25, 0.3) is 10.8 Å². The van der Waals surface area contributed by atoms with E-state index < -0.39 is 0 Å². The zero-order valence-corrected chi connectivity index (χ0v) is 13.0. The van der Waals surface area contributed by atoms with E-state index in [0.29, 0.717) is 18.9 Å². The van der Waals surface area contributed by atoms with Crippen LogP contribution in [0.15, 0.2) is 42.5 Å². The van der Waals surface area contributed by atoms with Crippen LogP contribution in [-0.2, 0) is 4.79 Å². The Morgan fingerprint density at radius 2 is 1.81 bits per heavy atom. The minimum Gasteiger partial charge on any atom is -0.327 e. The lowest BCUT2D eigenvalue weighted by molar-refractivity contribution is -0.119. The first-order valence-corrected chi connectivity index (χ1v) is 7.58. The lowest BCUT2D eigenvalue weighted by Gasteiger charge is -2.25. The third-order valence-corrected chi connectivity index (χ3v) is 3.94. The average molecular weight is 284 g/mol. The molecule has 2 aromatic rings. The van der Waals surface area contributed by atoms with E-state index in [9.17, 15) is 4.79 Å². The molecule has 0 aromatic heterocycles. The molecule has 0 saturated heterocycles. The van der Waals surface area contributed by atoms with Crippen molar-refractivity contribution in [2.75, 3.05) is 11.4 Å². The van der Waals surface area contributed by atoms with E-state index in [1.54, 1.807) is 0 Å². The maximum Gasteiger partial charge on any atom is 0.228 e. The standard InChI is InChI=1S/C18H24N2O/c1-4-20(18(21)12-16(19)13(2)3)17-11-7-9-14-8-5-6-10-15(14)17/h5-11,13,16H,4,12,19H2,1-3H3. The molecule has 3 heteroatoms. The van der Waals surface area contributed by atoms with Gasteiger partial charge in [-0.1, -0.05) is 50.2 Å². The smallest absolute Gasteiger partial charge is 0.228 e. The van der Waals surface area contributed by atoms with Crippen molar-refractivity contribution in [3.8, 4) is 0 Å². The summed E-state index contributed by atoms with van der Waals surface area (Å²) in [4.78, 5) is 14.4. The molecular weight excluding hydrogens is 260 g/mol. The summed E-state index contributed by atoms with van der Waals surface area (Å²) in [6.45, 7) is 6.75. The number of carbonyl (C=O) groups excluding carboxylic acids is 1. The number of benzene rings is 2. The highest BCUT2D eigenvalue weighted by Crippen LogP contribution is 2.27. The van der Waals surface area contributed by atoms with E-state index in [4.69, 9.17) is 5.73 Å². The van der Waals surface area contributed by atoms with Crippen molar-refractivity contribution in [1.82, 2.24) is 0 Å². The van der Waals surface area contributed by atoms with E-state index >= 15 is 0 Å². The van der Waals surface area contributed by atoms with Gasteiger partial charge >= 0.3 is 0 Å². The quantitative estimate of drug-likeness (QED) is 0.912. The Balaban J connectivity index is 2.33. The molecule has 112 valence electrons. The van der Waals surface area contributed by atoms with Gasteiger partial charge in [-0.2, -0.15) is 0 Å². The van der Waals surface area contributed by atoms with Crippen molar-refractivity contribution in [1.29, 1.82) is 0 Å². The van der Waals surface area contributed by atoms with Crippen LogP contribution in [0.2, 0.25) is 0 Å². The maximum absolute atomic E-state index is 12.6. The first-order chi connectivity index (χ1) is 10.0. The summed E-state index contributed by atoms with van der Waals surface area (Å²) < 4.78 is 0. The summed E-state index contributed by atoms with van der Waals surface area (Å²) >= 11 is 0. The molecule has 0 fully saturated rings. The van der Waals surface area contributed by atoms with Gasteiger partial charge in [0.25, 0.3) is 0 Å². The topological polar surface area (TPSA) is 46.3 Å². The summed E-state index contributed by atoms with van der Waals surface area (Å²) in [5, 5.41) is 2.25. The SMILES string of the molecule is CCN(C(=O)CC(N)C(C)C)c1cccc2ccccc12. The number of carbonyl (C=O) groups is 1. The van der Waals surface area contributed by atoms with Crippen molar-refractivity contribution < 1.29 is 4.79 Å². The van der Waals surface area contributed by atoms with Crippen LogP contribution in [0.1, 0.15) is 27.2 Å². The van der Waals surface area contributed by atoms with Gasteiger partial charge in [0.15, 0.2) is 0 Å². The number of fused-ring (bicyclic) bond motifs is 1. The van der Waals surface area contributed by atoms with Crippen LogP contribution in [0, 0.1) is 5.92 Å². The second-order valence-electron chi connectivity index (χ2n) is 5.75. The zero-order chi connectivity index (χ0) is 15.4. The zero-order valence-electron chi connectivity index (χ0n) is 13.0. The lowest BCUT2D eigenvalue weighted by atomic mass is 10.0. The molecule has 21 heavy (non-hydrogen) atoms. The fraction of sp³-hybridized carbons (Fsp3) is 0.389. The fourth-order valence-corrected chi connectivity index (χ4v) is 2.47. The van der Waals surface area contributed by atoms with E-state index in [2.05, 4.69) is 18.2 Å². The Morgan fingerprint density at radius 3 is 2.48 bits per heavy atom. The molecular formula is C18H24N2O. The highest BCUT2D eigenvalue weighted by atomic mass is 16.2. The number of nitrogens with two attached hydrogens (primary N) is 1. The Kier molecular flexibility index (Phi) is 4.97. The van der Waals surface area contributed by atoms with Gasteiger partial charge in [-0.15, -0.1) is 0 Å². The molecule has 1 amide bonds.